The van der Waals surface area contributed by atoms with Crippen LogP contribution in [0.1, 0.15) is 26.7 Å². The van der Waals surface area contributed by atoms with Crippen molar-refractivity contribution in [3.8, 4) is 0 Å². The van der Waals surface area contributed by atoms with E-state index in [2.05, 4.69) is 11.2 Å². The Labute approximate surface area is 90.9 Å². The van der Waals surface area contributed by atoms with Crippen LogP contribution in [0.2, 0.25) is 0 Å². The van der Waals surface area contributed by atoms with Gasteiger partial charge in [0.1, 0.15) is 6.20 Å². The number of aromatic nitrogens is 2. The molecule has 4 heteroatoms. The van der Waals surface area contributed by atoms with Crippen LogP contribution in [0.4, 0.5) is 0 Å². The van der Waals surface area contributed by atoms with Crippen LogP contribution >= 0.6 is 0 Å². The fourth-order valence-electron chi connectivity index (χ4n) is 1.52. The number of aryl methyl sites for hydroxylation is 1. The van der Waals surface area contributed by atoms with Gasteiger partial charge in [0.25, 0.3) is 0 Å². The molecule has 0 N–H and O–H groups in total. The van der Waals surface area contributed by atoms with Crippen molar-refractivity contribution in [3.05, 3.63) is 18.7 Å². The van der Waals surface area contributed by atoms with E-state index < -0.39 is 0 Å². The summed E-state index contributed by atoms with van der Waals surface area (Å²) in [6.07, 6.45) is 7.72. The van der Waals surface area contributed by atoms with Gasteiger partial charge in [-0.15, -0.1) is 0 Å². The molecule has 4 nitrogen and oxygen atoms in total. The fourth-order valence-corrected chi connectivity index (χ4v) is 1.52. The van der Waals surface area contributed by atoms with Crippen LogP contribution < -0.4 is 0 Å². The third kappa shape index (κ3) is 3.73. The average Bonchev–Trinajstić information content (AvgIpc) is 2.72. The number of imidazole rings is 1. The topological polar surface area (TPSA) is 38.1 Å². The Bertz CT molecular complexity index is 278. The number of hydrogen-bond acceptors (Lipinski definition) is 2. The summed E-state index contributed by atoms with van der Waals surface area (Å²) < 4.78 is 1.94. The van der Waals surface area contributed by atoms with E-state index in [-0.39, 0.29) is 5.91 Å². The van der Waals surface area contributed by atoms with Gasteiger partial charge in [0.2, 0.25) is 5.91 Å². The number of rotatable bonds is 6. The van der Waals surface area contributed by atoms with Crippen molar-refractivity contribution < 1.29 is 4.79 Å². The number of amides is 1. The minimum absolute atomic E-state index is 0.240. The number of carbonyl (C=O) groups is 1. The summed E-state index contributed by atoms with van der Waals surface area (Å²) >= 11 is 0. The minimum atomic E-state index is 0.240. The fraction of sp³-hybridized carbons (Fsp3) is 0.636. The normalized spacial score (nSPS) is 10.3. The van der Waals surface area contributed by atoms with Crippen molar-refractivity contribution in [2.24, 2.45) is 0 Å². The minimum Gasteiger partial charge on any atom is -0.343 e. The SMILES string of the molecule is CCN(CC)C(=O)CCCn1c[c]nc1. The average molecular weight is 208 g/mol. The maximum atomic E-state index is 11.6. The van der Waals surface area contributed by atoms with Crippen LogP contribution in [-0.2, 0) is 11.3 Å². The van der Waals surface area contributed by atoms with Gasteiger partial charge in [-0.25, -0.2) is 4.98 Å². The van der Waals surface area contributed by atoms with Crippen molar-refractivity contribution in [2.75, 3.05) is 13.1 Å². The monoisotopic (exact) mass is 208 g/mol. The van der Waals surface area contributed by atoms with E-state index in [0.29, 0.717) is 6.42 Å². The van der Waals surface area contributed by atoms with Crippen LogP contribution in [0.5, 0.6) is 0 Å². The first kappa shape index (κ1) is 11.8. The highest BCUT2D eigenvalue weighted by Crippen LogP contribution is 2.00. The van der Waals surface area contributed by atoms with Crippen molar-refractivity contribution in [3.63, 3.8) is 0 Å². The van der Waals surface area contributed by atoms with E-state index in [4.69, 9.17) is 0 Å². The van der Waals surface area contributed by atoms with Crippen LogP contribution in [0.3, 0.4) is 0 Å². The summed E-state index contributed by atoms with van der Waals surface area (Å²) in [5.74, 6) is 0.240. The second kappa shape index (κ2) is 6.22. The highest BCUT2D eigenvalue weighted by molar-refractivity contribution is 5.75. The summed E-state index contributed by atoms with van der Waals surface area (Å²) in [4.78, 5) is 17.3. The second-order valence-electron chi connectivity index (χ2n) is 3.41. The molecule has 83 valence electrons. The molecule has 0 bridgehead atoms. The first-order valence-corrected chi connectivity index (χ1v) is 5.43. The van der Waals surface area contributed by atoms with E-state index in [1.54, 1.807) is 12.5 Å². The van der Waals surface area contributed by atoms with Gasteiger partial charge in [0, 0.05) is 32.3 Å². The zero-order chi connectivity index (χ0) is 11.1. The molecular weight excluding hydrogens is 190 g/mol. The molecule has 0 spiro atoms. The van der Waals surface area contributed by atoms with Crippen LogP contribution in [0, 0.1) is 6.20 Å². The molecule has 1 heterocycles. The molecule has 0 aliphatic carbocycles. The molecule has 0 saturated heterocycles. The standard InChI is InChI=1S/C11H18N3O/c1-3-14(4-2)11(15)6-5-8-13-9-7-12-10-13/h9-10H,3-6,8H2,1-2H3. The third-order valence-corrected chi connectivity index (χ3v) is 2.43. The molecule has 0 atom stereocenters. The molecule has 1 aromatic rings. The Hall–Kier alpha value is -1.32. The summed E-state index contributed by atoms with van der Waals surface area (Å²) in [5, 5.41) is 0. The maximum Gasteiger partial charge on any atom is 0.222 e. The smallest absolute Gasteiger partial charge is 0.222 e. The van der Waals surface area contributed by atoms with E-state index in [1.165, 1.54) is 0 Å². The molecule has 0 saturated carbocycles. The largest absolute Gasteiger partial charge is 0.343 e. The Morgan fingerprint density at radius 1 is 1.47 bits per heavy atom. The van der Waals surface area contributed by atoms with Crippen molar-refractivity contribution in [1.82, 2.24) is 14.5 Å². The van der Waals surface area contributed by atoms with Crippen molar-refractivity contribution in [1.29, 1.82) is 0 Å². The Kier molecular flexibility index (Phi) is 4.87. The van der Waals surface area contributed by atoms with Gasteiger partial charge < -0.3 is 9.47 Å². The van der Waals surface area contributed by atoms with Crippen molar-refractivity contribution in [2.45, 2.75) is 33.2 Å². The zero-order valence-electron chi connectivity index (χ0n) is 9.44. The molecular formula is C11H18N3O. The summed E-state index contributed by atoms with van der Waals surface area (Å²) in [5.41, 5.74) is 0. The van der Waals surface area contributed by atoms with Crippen molar-refractivity contribution >= 4 is 5.91 Å². The summed E-state index contributed by atoms with van der Waals surface area (Å²) in [6.45, 7) is 6.45. The molecule has 1 amide bonds. The van der Waals surface area contributed by atoms with Gasteiger partial charge in [-0.3, -0.25) is 4.79 Å². The van der Waals surface area contributed by atoms with Crippen LogP contribution in [-0.4, -0.2) is 33.4 Å². The predicted molar refractivity (Wildman–Crippen MR) is 58.2 cm³/mol. The first-order chi connectivity index (χ1) is 7.27. The van der Waals surface area contributed by atoms with Crippen LogP contribution in [0.25, 0.3) is 0 Å². The molecule has 0 aliphatic heterocycles. The first-order valence-electron chi connectivity index (χ1n) is 5.43. The molecule has 1 rings (SSSR count). The summed E-state index contributed by atoms with van der Waals surface area (Å²) in [7, 11) is 0. The van der Waals surface area contributed by atoms with Gasteiger partial charge >= 0.3 is 0 Å². The van der Waals surface area contributed by atoms with Gasteiger partial charge in [0.05, 0.1) is 6.33 Å². The molecule has 1 aromatic heterocycles. The lowest BCUT2D eigenvalue weighted by Crippen LogP contribution is -2.30. The second-order valence-corrected chi connectivity index (χ2v) is 3.41. The lowest BCUT2D eigenvalue weighted by Gasteiger charge is -2.18. The molecule has 1 radical (unpaired) electrons. The van der Waals surface area contributed by atoms with Crippen LogP contribution in [0.15, 0.2) is 12.5 Å². The number of hydrogen-bond donors (Lipinski definition) is 0. The summed E-state index contributed by atoms with van der Waals surface area (Å²) in [6, 6.07) is 0. The van der Waals surface area contributed by atoms with Gasteiger partial charge in [-0.1, -0.05) is 0 Å². The number of carbonyl (C=O) groups excluding carboxylic acids is 1. The molecule has 0 aromatic carbocycles. The van der Waals surface area contributed by atoms with Gasteiger partial charge in [-0.2, -0.15) is 0 Å². The van der Waals surface area contributed by atoms with E-state index >= 15 is 0 Å². The molecule has 0 unspecified atom stereocenters. The predicted octanol–water partition coefficient (Wildman–Crippen LogP) is 1.33. The lowest BCUT2D eigenvalue weighted by molar-refractivity contribution is -0.130. The van der Waals surface area contributed by atoms with Gasteiger partial charge in [0.15, 0.2) is 0 Å². The van der Waals surface area contributed by atoms with E-state index in [9.17, 15) is 4.79 Å². The maximum absolute atomic E-state index is 11.6. The third-order valence-electron chi connectivity index (χ3n) is 2.43. The highest BCUT2D eigenvalue weighted by atomic mass is 16.2. The Morgan fingerprint density at radius 3 is 2.73 bits per heavy atom. The quantitative estimate of drug-likeness (QED) is 0.707. The lowest BCUT2D eigenvalue weighted by atomic mass is 10.2. The Balaban J connectivity index is 2.22. The van der Waals surface area contributed by atoms with E-state index in [1.807, 2.05) is 23.3 Å². The highest BCUT2D eigenvalue weighted by Gasteiger charge is 2.08. The molecule has 0 aliphatic rings. The number of nitrogens with zero attached hydrogens (tertiary/aromatic N) is 3. The van der Waals surface area contributed by atoms with Gasteiger partial charge in [-0.05, 0) is 20.3 Å². The zero-order valence-corrected chi connectivity index (χ0v) is 9.44. The van der Waals surface area contributed by atoms with E-state index in [0.717, 1.165) is 26.1 Å². The Morgan fingerprint density at radius 2 is 2.20 bits per heavy atom. The molecule has 0 fully saturated rings. The molecule has 15 heavy (non-hydrogen) atoms.